The van der Waals surface area contributed by atoms with Gasteiger partial charge in [0.25, 0.3) is 0 Å². The van der Waals surface area contributed by atoms with E-state index in [-0.39, 0.29) is 12.3 Å². The highest BCUT2D eigenvalue weighted by atomic mass is 16.2. The van der Waals surface area contributed by atoms with E-state index in [2.05, 4.69) is 41.0 Å². The van der Waals surface area contributed by atoms with Crippen LogP contribution in [0.3, 0.4) is 0 Å². The van der Waals surface area contributed by atoms with Crippen molar-refractivity contribution in [1.82, 2.24) is 4.90 Å². The summed E-state index contributed by atoms with van der Waals surface area (Å²) in [5.74, 6) is -0.406. The number of nitrogens with two attached hydrogens (primary N) is 1. The Morgan fingerprint density at radius 3 is 2.36 bits per heavy atom. The molecule has 1 fully saturated rings. The molecule has 148 valence electrons. The van der Waals surface area contributed by atoms with E-state index in [1.165, 1.54) is 11.3 Å². The summed E-state index contributed by atoms with van der Waals surface area (Å²) in [7, 11) is 0. The van der Waals surface area contributed by atoms with E-state index in [9.17, 15) is 9.59 Å². The third kappa shape index (κ3) is 5.33. The Balaban J connectivity index is 1.59. The Morgan fingerprint density at radius 1 is 1.00 bits per heavy atom. The number of piperazine rings is 1. The Kier molecular flexibility index (Phi) is 6.66. The number of carbonyl (C=O) groups is 2. The van der Waals surface area contributed by atoms with Gasteiger partial charge in [0.15, 0.2) is 0 Å². The zero-order valence-corrected chi connectivity index (χ0v) is 16.4. The Morgan fingerprint density at radius 2 is 1.71 bits per heavy atom. The summed E-state index contributed by atoms with van der Waals surface area (Å²) in [6, 6.07) is 18.0. The van der Waals surface area contributed by atoms with Gasteiger partial charge in [-0.15, -0.1) is 0 Å². The SMILES string of the molecule is Cc1cccc(N2CCN(CC(=O)N(CCC(N)=O)c3ccccc3)CC2)c1. The van der Waals surface area contributed by atoms with Gasteiger partial charge in [-0.25, -0.2) is 0 Å². The number of primary amides is 1. The maximum atomic E-state index is 12.9. The fraction of sp³-hybridized carbons (Fsp3) is 0.364. The van der Waals surface area contributed by atoms with Gasteiger partial charge < -0.3 is 15.5 Å². The summed E-state index contributed by atoms with van der Waals surface area (Å²) >= 11 is 0. The molecule has 2 amide bonds. The molecule has 28 heavy (non-hydrogen) atoms. The molecule has 1 aliphatic heterocycles. The molecule has 0 atom stereocenters. The van der Waals surface area contributed by atoms with Crippen LogP contribution in [-0.2, 0) is 9.59 Å². The topological polar surface area (TPSA) is 69.9 Å². The number of hydrogen-bond acceptors (Lipinski definition) is 4. The first kappa shape index (κ1) is 19.9. The highest BCUT2D eigenvalue weighted by molar-refractivity contribution is 5.95. The molecule has 2 aromatic rings. The van der Waals surface area contributed by atoms with Crippen LogP contribution in [0.5, 0.6) is 0 Å². The van der Waals surface area contributed by atoms with Gasteiger partial charge in [0.1, 0.15) is 0 Å². The zero-order valence-electron chi connectivity index (χ0n) is 16.4. The van der Waals surface area contributed by atoms with Crippen LogP contribution < -0.4 is 15.5 Å². The summed E-state index contributed by atoms with van der Waals surface area (Å²) in [5.41, 5.74) is 8.58. The lowest BCUT2D eigenvalue weighted by molar-refractivity contribution is -0.120. The van der Waals surface area contributed by atoms with Crippen LogP contribution in [0.4, 0.5) is 11.4 Å². The lowest BCUT2D eigenvalue weighted by Gasteiger charge is -2.36. The molecule has 0 aromatic heterocycles. The van der Waals surface area contributed by atoms with E-state index in [1.807, 2.05) is 30.3 Å². The molecule has 0 aliphatic carbocycles. The maximum absolute atomic E-state index is 12.9. The molecule has 6 heteroatoms. The van der Waals surface area contributed by atoms with Crippen LogP contribution in [0.25, 0.3) is 0 Å². The average molecular weight is 380 g/mol. The second kappa shape index (κ2) is 9.37. The third-order valence-electron chi connectivity index (χ3n) is 5.05. The van der Waals surface area contributed by atoms with Crippen molar-refractivity contribution in [3.63, 3.8) is 0 Å². The maximum Gasteiger partial charge on any atom is 0.241 e. The summed E-state index contributed by atoms with van der Waals surface area (Å²) < 4.78 is 0. The lowest BCUT2D eigenvalue weighted by atomic mass is 10.2. The van der Waals surface area contributed by atoms with Gasteiger partial charge in [-0.3, -0.25) is 14.5 Å². The molecule has 1 saturated heterocycles. The number of amides is 2. The number of rotatable bonds is 7. The number of para-hydroxylation sites is 1. The number of nitrogens with zero attached hydrogens (tertiary/aromatic N) is 3. The van der Waals surface area contributed by atoms with Gasteiger partial charge in [-0.1, -0.05) is 30.3 Å². The molecule has 0 saturated carbocycles. The molecular weight excluding hydrogens is 352 g/mol. The standard InChI is InChI=1S/C22H28N4O2/c1-18-6-5-9-20(16-18)25-14-12-24(13-15-25)17-22(28)26(11-10-21(23)27)19-7-3-2-4-8-19/h2-9,16H,10-15,17H2,1H3,(H2,23,27). The van der Waals surface area contributed by atoms with Gasteiger partial charge in [0.05, 0.1) is 6.54 Å². The van der Waals surface area contributed by atoms with Crippen molar-refractivity contribution in [2.24, 2.45) is 5.73 Å². The Labute approximate surface area is 166 Å². The molecule has 1 heterocycles. The van der Waals surface area contributed by atoms with E-state index in [4.69, 9.17) is 5.73 Å². The minimum Gasteiger partial charge on any atom is -0.370 e. The Hall–Kier alpha value is -2.86. The first-order valence-corrected chi connectivity index (χ1v) is 9.70. The van der Waals surface area contributed by atoms with Crippen molar-refractivity contribution in [3.05, 3.63) is 60.2 Å². The average Bonchev–Trinajstić information content (AvgIpc) is 2.69. The quantitative estimate of drug-likeness (QED) is 0.798. The molecule has 2 N–H and O–H groups in total. The molecule has 1 aliphatic rings. The van der Waals surface area contributed by atoms with Crippen molar-refractivity contribution in [1.29, 1.82) is 0 Å². The molecule has 6 nitrogen and oxygen atoms in total. The summed E-state index contributed by atoms with van der Waals surface area (Å²) in [4.78, 5) is 30.3. The van der Waals surface area contributed by atoms with Crippen LogP contribution in [0.15, 0.2) is 54.6 Å². The molecular formula is C22H28N4O2. The van der Waals surface area contributed by atoms with Crippen LogP contribution in [-0.4, -0.2) is 56.0 Å². The molecule has 0 bridgehead atoms. The third-order valence-corrected chi connectivity index (χ3v) is 5.05. The second-order valence-electron chi connectivity index (χ2n) is 7.20. The predicted octanol–water partition coefficient (Wildman–Crippen LogP) is 2.03. The second-order valence-corrected chi connectivity index (χ2v) is 7.20. The van der Waals surface area contributed by atoms with Gasteiger partial charge in [0.2, 0.25) is 11.8 Å². The number of aryl methyl sites for hydroxylation is 1. The van der Waals surface area contributed by atoms with Gasteiger partial charge in [-0.05, 0) is 36.8 Å². The first-order chi connectivity index (χ1) is 13.5. The monoisotopic (exact) mass is 380 g/mol. The highest BCUT2D eigenvalue weighted by Crippen LogP contribution is 2.19. The fourth-order valence-electron chi connectivity index (χ4n) is 3.49. The molecule has 0 radical (unpaired) electrons. The minimum absolute atomic E-state index is 0.00328. The number of benzene rings is 2. The van der Waals surface area contributed by atoms with Crippen molar-refractivity contribution >= 4 is 23.2 Å². The van der Waals surface area contributed by atoms with E-state index >= 15 is 0 Å². The highest BCUT2D eigenvalue weighted by Gasteiger charge is 2.23. The van der Waals surface area contributed by atoms with Gasteiger partial charge >= 0.3 is 0 Å². The predicted molar refractivity (Wildman–Crippen MR) is 112 cm³/mol. The van der Waals surface area contributed by atoms with Crippen molar-refractivity contribution in [2.45, 2.75) is 13.3 Å². The largest absolute Gasteiger partial charge is 0.370 e. The molecule has 0 unspecified atom stereocenters. The first-order valence-electron chi connectivity index (χ1n) is 9.70. The molecule has 0 spiro atoms. The summed E-state index contributed by atoms with van der Waals surface area (Å²) in [6.45, 7) is 6.20. The smallest absolute Gasteiger partial charge is 0.241 e. The van der Waals surface area contributed by atoms with Gasteiger partial charge in [0, 0.05) is 50.5 Å². The van der Waals surface area contributed by atoms with E-state index in [0.29, 0.717) is 13.1 Å². The van der Waals surface area contributed by atoms with Crippen molar-refractivity contribution < 1.29 is 9.59 Å². The number of anilines is 2. The Bertz CT molecular complexity index is 801. The van der Waals surface area contributed by atoms with Crippen LogP contribution in [0.2, 0.25) is 0 Å². The number of carbonyl (C=O) groups excluding carboxylic acids is 2. The lowest BCUT2D eigenvalue weighted by Crippen LogP contribution is -2.50. The van der Waals surface area contributed by atoms with E-state index in [0.717, 1.165) is 31.9 Å². The zero-order chi connectivity index (χ0) is 19.9. The van der Waals surface area contributed by atoms with Crippen molar-refractivity contribution in [3.8, 4) is 0 Å². The normalized spacial score (nSPS) is 14.7. The van der Waals surface area contributed by atoms with Crippen molar-refractivity contribution in [2.75, 3.05) is 49.1 Å². The minimum atomic E-state index is -0.402. The van der Waals surface area contributed by atoms with Crippen LogP contribution in [0, 0.1) is 6.92 Å². The number of hydrogen-bond donors (Lipinski definition) is 1. The summed E-state index contributed by atoms with van der Waals surface area (Å²) in [6.07, 6.45) is 0.155. The van der Waals surface area contributed by atoms with E-state index in [1.54, 1.807) is 4.90 Å². The fourth-order valence-corrected chi connectivity index (χ4v) is 3.49. The molecule has 3 rings (SSSR count). The van der Waals surface area contributed by atoms with Crippen LogP contribution in [0.1, 0.15) is 12.0 Å². The van der Waals surface area contributed by atoms with Gasteiger partial charge in [-0.2, -0.15) is 0 Å². The summed E-state index contributed by atoms with van der Waals surface area (Å²) in [5, 5.41) is 0. The van der Waals surface area contributed by atoms with Crippen LogP contribution >= 0.6 is 0 Å². The van der Waals surface area contributed by atoms with E-state index < -0.39 is 5.91 Å². The molecule has 2 aromatic carbocycles.